The fourth-order valence-corrected chi connectivity index (χ4v) is 2.85. The van der Waals surface area contributed by atoms with Crippen LogP contribution >= 0.6 is 0 Å². The van der Waals surface area contributed by atoms with Crippen LogP contribution in [0.3, 0.4) is 0 Å². The summed E-state index contributed by atoms with van der Waals surface area (Å²) >= 11 is 0. The van der Waals surface area contributed by atoms with E-state index in [0.717, 1.165) is 11.3 Å². The van der Waals surface area contributed by atoms with Gasteiger partial charge in [-0.15, -0.1) is 0 Å². The Bertz CT molecular complexity index is 492. The van der Waals surface area contributed by atoms with Crippen molar-refractivity contribution in [3.8, 4) is 5.75 Å². The zero-order chi connectivity index (χ0) is 14.8. The van der Waals surface area contributed by atoms with E-state index in [1.165, 1.54) is 25.7 Å². The van der Waals surface area contributed by atoms with Gasteiger partial charge in [0.1, 0.15) is 5.75 Å². The molecule has 3 rings (SSSR count). The third-order valence-corrected chi connectivity index (χ3v) is 4.53. The van der Waals surface area contributed by atoms with E-state index >= 15 is 0 Å². The molecule has 2 unspecified atom stereocenters. The van der Waals surface area contributed by atoms with Crippen molar-refractivity contribution < 1.29 is 9.53 Å². The molecule has 2 aliphatic rings. The predicted molar refractivity (Wildman–Crippen MR) is 81.9 cm³/mol. The van der Waals surface area contributed by atoms with Gasteiger partial charge in [0.25, 0.3) is 0 Å². The van der Waals surface area contributed by atoms with Gasteiger partial charge >= 0.3 is 0 Å². The molecule has 0 spiro atoms. The van der Waals surface area contributed by atoms with E-state index in [-0.39, 0.29) is 18.0 Å². The molecule has 2 saturated carbocycles. The fraction of sp³-hybridized carbons (Fsp3) is 0.588. The molecule has 2 fully saturated rings. The molecule has 1 amide bonds. The lowest BCUT2D eigenvalue weighted by Crippen LogP contribution is -2.35. The summed E-state index contributed by atoms with van der Waals surface area (Å²) in [5, 5.41) is 3.19. The summed E-state index contributed by atoms with van der Waals surface area (Å²) in [6, 6.07) is 8.14. The Hall–Kier alpha value is -1.55. The van der Waals surface area contributed by atoms with Gasteiger partial charge in [0.05, 0.1) is 13.2 Å². The van der Waals surface area contributed by atoms with Gasteiger partial charge in [0, 0.05) is 12.5 Å². The molecule has 114 valence electrons. The van der Waals surface area contributed by atoms with Gasteiger partial charge in [-0.05, 0) is 55.2 Å². The number of hydrogen-bond acceptors (Lipinski definition) is 3. The lowest BCUT2D eigenvalue weighted by Gasteiger charge is -2.20. The van der Waals surface area contributed by atoms with Crippen molar-refractivity contribution in [3.63, 3.8) is 0 Å². The van der Waals surface area contributed by atoms with Crippen molar-refractivity contribution in [3.05, 3.63) is 29.8 Å². The molecule has 0 aliphatic heterocycles. The number of rotatable bonds is 7. The Kier molecular flexibility index (Phi) is 4.15. The first-order valence-electron chi connectivity index (χ1n) is 7.86. The molecule has 0 radical (unpaired) electrons. The van der Waals surface area contributed by atoms with Crippen LogP contribution in [0.25, 0.3) is 0 Å². The quantitative estimate of drug-likeness (QED) is 0.809. The number of methoxy groups -OCH3 is 1. The molecule has 21 heavy (non-hydrogen) atoms. The highest BCUT2D eigenvalue weighted by atomic mass is 16.5. The molecule has 0 bridgehead atoms. The zero-order valence-corrected chi connectivity index (χ0v) is 12.5. The summed E-state index contributed by atoms with van der Waals surface area (Å²) in [6.07, 6.45) is 5.18. The lowest BCUT2D eigenvalue weighted by atomic mass is 10.0. The number of nitrogens with one attached hydrogen (secondary N) is 1. The number of nitrogens with two attached hydrogens (primary N) is 1. The monoisotopic (exact) mass is 288 g/mol. The minimum atomic E-state index is 0.0284. The summed E-state index contributed by atoms with van der Waals surface area (Å²) in [5.74, 6) is 2.06. The van der Waals surface area contributed by atoms with E-state index < -0.39 is 0 Å². The van der Waals surface area contributed by atoms with Crippen LogP contribution < -0.4 is 15.8 Å². The summed E-state index contributed by atoms with van der Waals surface area (Å²) in [5.41, 5.74) is 7.21. The minimum Gasteiger partial charge on any atom is -0.497 e. The van der Waals surface area contributed by atoms with Gasteiger partial charge in [-0.3, -0.25) is 4.79 Å². The normalized spacial score (nSPS) is 20.7. The Morgan fingerprint density at radius 1 is 1.24 bits per heavy atom. The molecule has 1 aromatic rings. The van der Waals surface area contributed by atoms with Crippen LogP contribution in [0, 0.1) is 11.8 Å². The molecule has 0 saturated heterocycles. The highest BCUT2D eigenvalue weighted by Crippen LogP contribution is 2.41. The smallest absolute Gasteiger partial charge is 0.222 e. The Balaban J connectivity index is 1.62. The van der Waals surface area contributed by atoms with Gasteiger partial charge < -0.3 is 15.8 Å². The molecule has 1 aromatic carbocycles. The van der Waals surface area contributed by atoms with Gasteiger partial charge in [0.15, 0.2) is 0 Å². The van der Waals surface area contributed by atoms with E-state index in [1.54, 1.807) is 7.11 Å². The summed E-state index contributed by atoms with van der Waals surface area (Å²) in [7, 11) is 1.66. The highest BCUT2D eigenvalue weighted by Gasteiger charge is 2.35. The van der Waals surface area contributed by atoms with Crippen LogP contribution in [-0.4, -0.2) is 19.1 Å². The molecular weight excluding hydrogens is 264 g/mol. The average Bonchev–Trinajstić information content (AvgIpc) is 3.37. The second kappa shape index (κ2) is 6.06. The van der Waals surface area contributed by atoms with Crippen molar-refractivity contribution in [2.24, 2.45) is 17.6 Å². The Morgan fingerprint density at radius 3 is 2.38 bits per heavy atom. The zero-order valence-electron chi connectivity index (χ0n) is 12.5. The van der Waals surface area contributed by atoms with E-state index in [4.69, 9.17) is 10.5 Å². The number of hydrogen-bond donors (Lipinski definition) is 2. The molecule has 4 heteroatoms. The fourth-order valence-electron chi connectivity index (χ4n) is 2.85. The first-order valence-corrected chi connectivity index (χ1v) is 7.86. The van der Waals surface area contributed by atoms with E-state index in [9.17, 15) is 4.79 Å². The molecule has 4 nitrogen and oxygen atoms in total. The van der Waals surface area contributed by atoms with Crippen molar-refractivity contribution >= 4 is 5.91 Å². The predicted octanol–water partition coefficient (Wildman–Crippen LogP) is 2.39. The molecule has 0 aromatic heterocycles. The van der Waals surface area contributed by atoms with E-state index in [2.05, 4.69) is 5.32 Å². The van der Waals surface area contributed by atoms with Crippen LogP contribution in [0.4, 0.5) is 0 Å². The SMILES string of the molecule is COc1ccc(C(NC(=O)CC(N)C2CC2)C2CC2)cc1. The second-order valence-electron chi connectivity index (χ2n) is 6.36. The van der Waals surface area contributed by atoms with E-state index in [1.807, 2.05) is 24.3 Å². The lowest BCUT2D eigenvalue weighted by molar-refractivity contribution is -0.122. The summed E-state index contributed by atoms with van der Waals surface area (Å²) < 4.78 is 5.19. The number of ether oxygens (including phenoxy) is 1. The third-order valence-electron chi connectivity index (χ3n) is 4.53. The largest absolute Gasteiger partial charge is 0.497 e. The molecule has 0 heterocycles. The van der Waals surface area contributed by atoms with Gasteiger partial charge in [-0.2, -0.15) is 0 Å². The summed E-state index contributed by atoms with van der Waals surface area (Å²) in [4.78, 5) is 12.2. The molecule has 2 aliphatic carbocycles. The van der Waals surface area contributed by atoms with Crippen LogP contribution in [-0.2, 0) is 4.79 Å². The number of carbonyl (C=O) groups excluding carboxylic acids is 1. The highest BCUT2D eigenvalue weighted by molar-refractivity contribution is 5.77. The number of carbonyl (C=O) groups is 1. The van der Waals surface area contributed by atoms with Crippen molar-refractivity contribution in [2.75, 3.05) is 7.11 Å². The van der Waals surface area contributed by atoms with Crippen molar-refractivity contribution in [1.82, 2.24) is 5.32 Å². The Morgan fingerprint density at radius 2 is 1.86 bits per heavy atom. The maximum absolute atomic E-state index is 12.2. The second-order valence-corrected chi connectivity index (χ2v) is 6.36. The molecular formula is C17H24N2O2. The third kappa shape index (κ3) is 3.76. The first kappa shape index (κ1) is 14.4. The average molecular weight is 288 g/mol. The van der Waals surface area contributed by atoms with Crippen LogP contribution in [0.1, 0.15) is 43.7 Å². The van der Waals surface area contributed by atoms with Crippen molar-refractivity contribution in [2.45, 2.75) is 44.2 Å². The van der Waals surface area contributed by atoms with Crippen LogP contribution in [0.15, 0.2) is 24.3 Å². The van der Waals surface area contributed by atoms with Gasteiger partial charge in [-0.1, -0.05) is 12.1 Å². The number of benzene rings is 1. The molecule has 3 N–H and O–H groups in total. The van der Waals surface area contributed by atoms with Crippen molar-refractivity contribution in [1.29, 1.82) is 0 Å². The van der Waals surface area contributed by atoms with Gasteiger partial charge in [0.2, 0.25) is 5.91 Å². The maximum atomic E-state index is 12.2. The maximum Gasteiger partial charge on any atom is 0.222 e. The van der Waals surface area contributed by atoms with Crippen LogP contribution in [0.5, 0.6) is 5.75 Å². The minimum absolute atomic E-state index is 0.0284. The number of amides is 1. The van der Waals surface area contributed by atoms with E-state index in [0.29, 0.717) is 18.3 Å². The Labute approximate surface area is 126 Å². The summed E-state index contributed by atoms with van der Waals surface area (Å²) in [6.45, 7) is 0. The van der Waals surface area contributed by atoms with Gasteiger partial charge in [-0.25, -0.2) is 0 Å². The standard InChI is InChI=1S/C17H24N2O2/c1-21-14-8-6-13(7-9-14)17(12-4-5-12)19-16(20)10-15(18)11-2-3-11/h6-9,11-12,15,17H,2-5,10,18H2,1H3,(H,19,20). The van der Waals surface area contributed by atoms with Crippen LogP contribution in [0.2, 0.25) is 0 Å². The first-order chi connectivity index (χ1) is 10.2. The topological polar surface area (TPSA) is 64.3 Å². The molecule has 2 atom stereocenters.